The lowest BCUT2D eigenvalue weighted by Crippen LogP contribution is -1.82. The Labute approximate surface area is 86.1 Å². The van der Waals surface area contributed by atoms with E-state index in [-0.39, 0.29) is 0 Å². The first-order valence-electron chi connectivity index (χ1n) is 4.18. The second-order valence-corrected chi connectivity index (χ2v) is 4.53. The number of hydrogen-bond acceptors (Lipinski definition) is 2. The quantitative estimate of drug-likeness (QED) is 0.716. The van der Waals surface area contributed by atoms with Crippen molar-refractivity contribution in [2.75, 3.05) is 5.73 Å². The Morgan fingerprint density at radius 1 is 1.38 bits per heavy atom. The third-order valence-electron chi connectivity index (χ3n) is 1.99. The van der Waals surface area contributed by atoms with Gasteiger partial charge in [-0.15, -0.1) is 11.3 Å². The molecule has 13 heavy (non-hydrogen) atoms. The van der Waals surface area contributed by atoms with Crippen LogP contribution in [0.15, 0.2) is 18.2 Å². The number of nitrogens with two attached hydrogens (primary N) is 1. The van der Waals surface area contributed by atoms with Crippen molar-refractivity contribution in [3.8, 4) is 0 Å². The highest BCUT2D eigenvalue weighted by Gasteiger charge is 2.04. The molecule has 2 N–H and O–H groups in total. The van der Waals surface area contributed by atoms with Crippen molar-refractivity contribution in [3.63, 3.8) is 0 Å². The minimum Gasteiger partial charge on any atom is -0.399 e. The molecule has 0 fully saturated rings. The molecule has 0 amide bonds. The van der Waals surface area contributed by atoms with Crippen molar-refractivity contribution in [1.82, 2.24) is 0 Å². The summed E-state index contributed by atoms with van der Waals surface area (Å²) in [6.07, 6.45) is 1.05. The number of fused-ring (bicyclic) bond motifs is 1. The van der Waals surface area contributed by atoms with Crippen molar-refractivity contribution in [2.45, 2.75) is 13.3 Å². The number of thiophene rings is 1. The molecular formula is C10H10ClNS. The molecule has 2 aromatic rings. The molecular weight excluding hydrogens is 202 g/mol. The Kier molecular flexibility index (Phi) is 2.18. The molecule has 1 nitrogen and oxygen atoms in total. The van der Waals surface area contributed by atoms with E-state index in [0.717, 1.165) is 27.2 Å². The van der Waals surface area contributed by atoms with Gasteiger partial charge in [-0.3, -0.25) is 0 Å². The van der Waals surface area contributed by atoms with E-state index in [9.17, 15) is 0 Å². The molecule has 68 valence electrons. The first kappa shape index (κ1) is 8.85. The highest BCUT2D eigenvalue weighted by Crippen LogP contribution is 2.33. The van der Waals surface area contributed by atoms with Crippen LogP contribution in [0.3, 0.4) is 0 Å². The maximum absolute atomic E-state index is 6.06. The van der Waals surface area contributed by atoms with Crippen molar-refractivity contribution in [3.05, 3.63) is 28.1 Å². The summed E-state index contributed by atoms with van der Waals surface area (Å²) >= 11 is 7.81. The summed E-state index contributed by atoms with van der Waals surface area (Å²) in [4.78, 5) is 1.35. The van der Waals surface area contributed by atoms with Crippen LogP contribution in [0, 0.1) is 0 Å². The van der Waals surface area contributed by atoms with Crippen molar-refractivity contribution in [1.29, 1.82) is 0 Å². The van der Waals surface area contributed by atoms with E-state index in [2.05, 4.69) is 13.0 Å². The monoisotopic (exact) mass is 211 g/mol. The topological polar surface area (TPSA) is 26.0 Å². The predicted molar refractivity (Wildman–Crippen MR) is 60.6 cm³/mol. The Hall–Kier alpha value is -0.730. The minimum atomic E-state index is 0.734. The maximum Gasteiger partial charge on any atom is 0.0604 e. The fraction of sp³-hybridized carbons (Fsp3) is 0.200. The molecule has 0 aliphatic rings. The SMILES string of the molecule is CCc1cc2cc(N)cc(Cl)c2s1. The molecule has 0 saturated heterocycles. The van der Waals surface area contributed by atoms with Crippen LogP contribution >= 0.6 is 22.9 Å². The van der Waals surface area contributed by atoms with Gasteiger partial charge in [0.25, 0.3) is 0 Å². The highest BCUT2D eigenvalue weighted by molar-refractivity contribution is 7.19. The number of benzene rings is 1. The molecule has 0 spiro atoms. The van der Waals surface area contributed by atoms with Crippen molar-refractivity contribution < 1.29 is 0 Å². The molecule has 0 aliphatic heterocycles. The second-order valence-electron chi connectivity index (χ2n) is 2.99. The molecule has 1 aromatic heterocycles. The number of anilines is 1. The van der Waals surface area contributed by atoms with Gasteiger partial charge in [0.15, 0.2) is 0 Å². The second kappa shape index (κ2) is 3.20. The van der Waals surface area contributed by atoms with Gasteiger partial charge in [0, 0.05) is 10.6 Å². The normalized spacial score (nSPS) is 10.9. The van der Waals surface area contributed by atoms with E-state index in [1.165, 1.54) is 4.88 Å². The number of rotatable bonds is 1. The number of hydrogen-bond donors (Lipinski definition) is 1. The minimum absolute atomic E-state index is 0.734. The highest BCUT2D eigenvalue weighted by atomic mass is 35.5. The lowest BCUT2D eigenvalue weighted by atomic mass is 10.2. The predicted octanol–water partition coefficient (Wildman–Crippen LogP) is 3.70. The number of halogens is 1. The number of aryl methyl sites for hydroxylation is 1. The van der Waals surface area contributed by atoms with Gasteiger partial charge in [-0.2, -0.15) is 0 Å². The first-order valence-corrected chi connectivity index (χ1v) is 5.37. The molecule has 0 radical (unpaired) electrons. The third kappa shape index (κ3) is 1.52. The average Bonchev–Trinajstić information content (AvgIpc) is 2.47. The van der Waals surface area contributed by atoms with Gasteiger partial charge in [0.05, 0.1) is 9.72 Å². The lowest BCUT2D eigenvalue weighted by molar-refractivity contribution is 1.19. The van der Waals surface area contributed by atoms with Crippen molar-refractivity contribution in [2.24, 2.45) is 0 Å². The summed E-state index contributed by atoms with van der Waals surface area (Å²) < 4.78 is 1.15. The van der Waals surface area contributed by atoms with E-state index in [4.69, 9.17) is 17.3 Å². The molecule has 1 heterocycles. The zero-order chi connectivity index (χ0) is 9.42. The van der Waals surface area contributed by atoms with Crippen LogP contribution in [-0.4, -0.2) is 0 Å². The Morgan fingerprint density at radius 3 is 2.85 bits per heavy atom. The summed E-state index contributed by atoms with van der Waals surface area (Å²) in [5.74, 6) is 0. The summed E-state index contributed by atoms with van der Waals surface area (Å²) in [5.41, 5.74) is 6.43. The zero-order valence-electron chi connectivity index (χ0n) is 7.30. The molecule has 0 aliphatic carbocycles. The Bertz CT molecular complexity index is 447. The third-order valence-corrected chi connectivity index (χ3v) is 3.73. The largest absolute Gasteiger partial charge is 0.399 e. The summed E-state index contributed by atoms with van der Waals surface area (Å²) in [5, 5.41) is 1.92. The molecule has 0 unspecified atom stereocenters. The summed E-state index contributed by atoms with van der Waals surface area (Å²) in [6, 6.07) is 5.93. The summed E-state index contributed by atoms with van der Waals surface area (Å²) in [7, 11) is 0. The molecule has 2 rings (SSSR count). The van der Waals surface area contributed by atoms with Crippen LogP contribution in [0.4, 0.5) is 5.69 Å². The van der Waals surface area contributed by atoms with Gasteiger partial charge >= 0.3 is 0 Å². The molecule has 0 bridgehead atoms. The maximum atomic E-state index is 6.06. The van der Waals surface area contributed by atoms with Crippen LogP contribution in [0.1, 0.15) is 11.8 Å². The van der Waals surface area contributed by atoms with Crippen LogP contribution < -0.4 is 5.73 Å². The summed E-state index contributed by atoms with van der Waals surface area (Å²) in [6.45, 7) is 2.14. The smallest absolute Gasteiger partial charge is 0.0604 e. The molecule has 0 atom stereocenters. The fourth-order valence-electron chi connectivity index (χ4n) is 1.36. The zero-order valence-corrected chi connectivity index (χ0v) is 8.88. The van der Waals surface area contributed by atoms with Gasteiger partial charge in [-0.25, -0.2) is 0 Å². The van der Waals surface area contributed by atoms with E-state index < -0.39 is 0 Å². The Balaban J connectivity index is 2.75. The lowest BCUT2D eigenvalue weighted by Gasteiger charge is -1.95. The first-order chi connectivity index (χ1) is 6.20. The van der Waals surface area contributed by atoms with Gasteiger partial charge in [0.2, 0.25) is 0 Å². The molecule has 1 aromatic carbocycles. The van der Waals surface area contributed by atoms with E-state index >= 15 is 0 Å². The fourth-order valence-corrected chi connectivity index (χ4v) is 2.70. The van der Waals surface area contributed by atoms with Gasteiger partial charge in [-0.1, -0.05) is 18.5 Å². The van der Waals surface area contributed by atoms with Crippen LogP contribution in [0.5, 0.6) is 0 Å². The molecule has 0 saturated carbocycles. The average molecular weight is 212 g/mol. The van der Waals surface area contributed by atoms with E-state index in [0.29, 0.717) is 0 Å². The van der Waals surface area contributed by atoms with Gasteiger partial charge in [0.1, 0.15) is 0 Å². The van der Waals surface area contributed by atoms with Crippen LogP contribution in [0.25, 0.3) is 10.1 Å². The van der Waals surface area contributed by atoms with Crippen molar-refractivity contribution >= 4 is 38.7 Å². The van der Waals surface area contributed by atoms with E-state index in [1.807, 2.05) is 6.07 Å². The standard InChI is InChI=1S/C10H10ClNS/c1-2-8-4-6-3-7(12)5-9(11)10(6)13-8/h3-5H,2,12H2,1H3. The van der Waals surface area contributed by atoms with Crippen LogP contribution in [0.2, 0.25) is 5.02 Å². The van der Waals surface area contributed by atoms with Gasteiger partial charge in [-0.05, 0) is 30.0 Å². The Morgan fingerprint density at radius 2 is 2.15 bits per heavy atom. The van der Waals surface area contributed by atoms with E-state index in [1.54, 1.807) is 17.4 Å². The number of nitrogen functional groups attached to an aromatic ring is 1. The molecule has 3 heteroatoms. The van der Waals surface area contributed by atoms with Crippen LogP contribution in [-0.2, 0) is 6.42 Å². The van der Waals surface area contributed by atoms with Gasteiger partial charge < -0.3 is 5.73 Å².